The molecule has 6 atom stereocenters. The fraction of sp³-hybridized carbons (Fsp3) is 0.605. The summed E-state index contributed by atoms with van der Waals surface area (Å²) in [6.45, 7) is 12.0. The molecule has 3 heterocycles. The second-order valence-corrected chi connectivity index (χ2v) is 15.1. The Morgan fingerprint density at radius 3 is 2.52 bits per heavy atom. The van der Waals surface area contributed by atoms with E-state index in [9.17, 15) is 14.4 Å². The SMILES string of the molecule is Cc1cc(C)c(CNC(=O)c2c(C)n([C@@H](C)C3CCN(CCNC(=O)CC4C5CC6CC(C5)C4C6)CC3)c3ccccc23)c(=O)[nH]1. The summed E-state index contributed by atoms with van der Waals surface area (Å²) in [7, 11) is 0. The maximum Gasteiger partial charge on any atom is 0.254 e. The van der Waals surface area contributed by atoms with E-state index in [1.165, 1.54) is 25.7 Å². The van der Waals surface area contributed by atoms with Crippen molar-refractivity contribution in [2.45, 2.75) is 85.2 Å². The standard InChI is InChI=1S/C38H51N5O3/c1-22-15-23(2)41-37(45)33(22)21-40-38(46)36-25(4)43(34-8-6-5-7-30(34)36)24(3)27-9-12-42(13-10-27)14-11-39-35(44)20-32-29-17-26-16-28(19-29)31(32)18-26/h5-8,15,24,26-29,31-32H,9-14,16-21H2,1-4H3,(H,39,44)(H,40,46)(H,41,45)/t24-,26?,28?,29?,31?,32?/m0/s1. The van der Waals surface area contributed by atoms with Crippen molar-refractivity contribution in [2.24, 2.45) is 35.5 Å². The molecule has 3 aromatic rings. The predicted molar refractivity (Wildman–Crippen MR) is 182 cm³/mol. The van der Waals surface area contributed by atoms with Crippen LogP contribution >= 0.6 is 0 Å². The fourth-order valence-electron chi connectivity index (χ4n) is 10.3. The monoisotopic (exact) mass is 625 g/mol. The Morgan fingerprint density at radius 2 is 1.76 bits per heavy atom. The Balaban J connectivity index is 0.940. The molecule has 5 aliphatic rings. The number of fused-ring (bicyclic) bond motifs is 1. The third-order valence-electron chi connectivity index (χ3n) is 12.4. The second-order valence-electron chi connectivity index (χ2n) is 15.1. The van der Waals surface area contributed by atoms with E-state index in [1.54, 1.807) is 0 Å². The predicted octanol–water partition coefficient (Wildman–Crippen LogP) is 5.65. The van der Waals surface area contributed by atoms with Gasteiger partial charge in [0.05, 0.1) is 5.56 Å². The van der Waals surface area contributed by atoms with E-state index in [-0.39, 0.29) is 30.0 Å². The van der Waals surface area contributed by atoms with Gasteiger partial charge in [0.15, 0.2) is 0 Å². The number of aromatic nitrogens is 2. The number of benzene rings is 1. The van der Waals surface area contributed by atoms with Gasteiger partial charge in [0.25, 0.3) is 11.5 Å². The number of hydrogen-bond acceptors (Lipinski definition) is 4. The first-order valence-electron chi connectivity index (χ1n) is 17.7. The number of nitrogens with zero attached hydrogens (tertiary/aromatic N) is 2. The van der Waals surface area contributed by atoms with Crippen molar-refractivity contribution in [1.29, 1.82) is 0 Å². The van der Waals surface area contributed by atoms with E-state index < -0.39 is 0 Å². The smallest absolute Gasteiger partial charge is 0.254 e. The van der Waals surface area contributed by atoms with Crippen LogP contribution in [0.4, 0.5) is 0 Å². The van der Waals surface area contributed by atoms with E-state index >= 15 is 0 Å². The molecular weight excluding hydrogens is 574 g/mol. The summed E-state index contributed by atoms with van der Waals surface area (Å²) in [6, 6.07) is 10.4. The molecule has 5 fully saturated rings. The van der Waals surface area contributed by atoms with Crippen LogP contribution in [0.5, 0.6) is 0 Å². The van der Waals surface area contributed by atoms with Crippen LogP contribution in [0.1, 0.15) is 90.8 Å². The molecule has 246 valence electrons. The molecule has 8 heteroatoms. The molecule has 2 aromatic heterocycles. The maximum atomic E-state index is 13.6. The molecule has 4 aliphatic carbocycles. The molecule has 0 radical (unpaired) electrons. The Kier molecular flexibility index (Phi) is 8.60. The average Bonchev–Trinajstić information content (AvgIpc) is 3.57. The molecule has 1 aromatic carbocycles. The average molecular weight is 626 g/mol. The molecule has 4 saturated carbocycles. The number of carbonyl (C=O) groups is 2. The highest BCUT2D eigenvalue weighted by atomic mass is 16.2. The van der Waals surface area contributed by atoms with Gasteiger partial charge in [-0.15, -0.1) is 0 Å². The lowest BCUT2D eigenvalue weighted by Crippen LogP contribution is -2.41. The first kappa shape index (κ1) is 31.2. The summed E-state index contributed by atoms with van der Waals surface area (Å²) in [5, 5.41) is 7.25. The lowest BCUT2D eigenvalue weighted by atomic mass is 9.74. The number of aryl methyl sites for hydroxylation is 2. The van der Waals surface area contributed by atoms with Gasteiger partial charge in [0.1, 0.15) is 0 Å². The van der Waals surface area contributed by atoms with Crippen molar-refractivity contribution in [1.82, 2.24) is 25.1 Å². The number of likely N-dealkylation sites (tertiary alicyclic amines) is 1. The number of nitrogens with one attached hydrogen (secondary N) is 3. The number of rotatable bonds is 10. The minimum Gasteiger partial charge on any atom is -0.355 e. The number of H-pyrrole nitrogens is 1. The number of piperidine rings is 1. The topological polar surface area (TPSA) is 99.2 Å². The molecule has 4 bridgehead atoms. The largest absolute Gasteiger partial charge is 0.355 e. The van der Waals surface area contributed by atoms with Crippen LogP contribution in [0, 0.1) is 56.3 Å². The lowest BCUT2D eigenvalue weighted by Gasteiger charge is -2.36. The summed E-state index contributed by atoms with van der Waals surface area (Å²) in [5.41, 5.74) is 4.87. The fourth-order valence-corrected chi connectivity index (χ4v) is 10.3. The van der Waals surface area contributed by atoms with E-state index in [4.69, 9.17) is 0 Å². The normalized spacial score (nSPS) is 26.6. The van der Waals surface area contributed by atoms with Crippen molar-refractivity contribution < 1.29 is 9.59 Å². The van der Waals surface area contributed by atoms with Gasteiger partial charge in [0.2, 0.25) is 5.91 Å². The van der Waals surface area contributed by atoms with Crippen LogP contribution in [0.2, 0.25) is 0 Å². The highest BCUT2D eigenvalue weighted by molar-refractivity contribution is 6.08. The van der Waals surface area contributed by atoms with Crippen molar-refractivity contribution in [3.63, 3.8) is 0 Å². The molecule has 8 nitrogen and oxygen atoms in total. The number of hydrogen-bond donors (Lipinski definition) is 3. The summed E-state index contributed by atoms with van der Waals surface area (Å²) in [4.78, 5) is 44.4. The first-order valence-corrected chi connectivity index (χ1v) is 17.7. The number of para-hydroxylation sites is 1. The molecule has 0 spiro atoms. The van der Waals surface area contributed by atoms with Gasteiger partial charge in [-0.25, -0.2) is 0 Å². The van der Waals surface area contributed by atoms with Crippen LogP contribution in [-0.4, -0.2) is 52.4 Å². The third-order valence-corrected chi connectivity index (χ3v) is 12.4. The zero-order valence-corrected chi connectivity index (χ0v) is 28.0. The number of pyridine rings is 1. The van der Waals surface area contributed by atoms with E-state index in [0.717, 1.165) is 97.0 Å². The Bertz CT molecular complexity index is 1680. The molecule has 2 amide bonds. The highest BCUT2D eigenvalue weighted by Crippen LogP contribution is 2.61. The van der Waals surface area contributed by atoms with Crippen molar-refractivity contribution >= 4 is 22.7 Å². The number of carbonyl (C=O) groups excluding carboxylic acids is 2. The molecule has 3 N–H and O–H groups in total. The van der Waals surface area contributed by atoms with Gasteiger partial charge in [-0.2, -0.15) is 0 Å². The Morgan fingerprint density at radius 1 is 1.00 bits per heavy atom. The van der Waals surface area contributed by atoms with Gasteiger partial charge >= 0.3 is 0 Å². The Hall–Kier alpha value is -3.39. The van der Waals surface area contributed by atoms with Crippen molar-refractivity contribution in [3.05, 3.63) is 68.8 Å². The van der Waals surface area contributed by atoms with Crippen LogP contribution in [-0.2, 0) is 11.3 Å². The van der Waals surface area contributed by atoms with Gasteiger partial charge in [-0.05, 0) is 133 Å². The summed E-state index contributed by atoms with van der Waals surface area (Å²) in [6.07, 6.45) is 8.50. The molecule has 8 rings (SSSR count). The van der Waals surface area contributed by atoms with E-state index in [1.807, 2.05) is 38.1 Å². The molecule has 46 heavy (non-hydrogen) atoms. The molecule has 5 unspecified atom stereocenters. The third kappa shape index (κ3) is 5.82. The first-order chi connectivity index (χ1) is 22.2. The molecule has 1 saturated heterocycles. The van der Waals surface area contributed by atoms with E-state index in [0.29, 0.717) is 23.0 Å². The molecular formula is C38H51N5O3. The zero-order chi connectivity index (χ0) is 32.1. The van der Waals surface area contributed by atoms with Gasteiger partial charge in [0, 0.05) is 60.0 Å². The summed E-state index contributed by atoms with van der Waals surface area (Å²) in [5.74, 6) is 4.78. The van der Waals surface area contributed by atoms with Gasteiger partial charge in [-0.3, -0.25) is 14.4 Å². The maximum absolute atomic E-state index is 13.6. The second kappa shape index (κ2) is 12.7. The quantitative estimate of drug-likeness (QED) is 0.271. The summed E-state index contributed by atoms with van der Waals surface area (Å²) < 4.78 is 2.36. The van der Waals surface area contributed by atoms with E-state index in [2.05, 4.69) is 45.0 Å². The Labute approximate surface area is 272 Å². The van der Waals surface area contributed by atoms with Gasteiger partial charge < -0.3 is 25.1 Å². The lowest BCUT2D eigenvalue weighted by molar-refractivity contribution is -0.123. The van der Waals surface area contributed by atoms with Crippen LogP contribution in [0.25, 0.3) is 10.9 Å². The minimum absolute atomic E-state index is 0.149. The van der Waals surface area contributed by atoms with Crippen LogP contribution in [0.15, 0.2) is 35.1 Å². The van der Waals surface area contributed by atoms with Gasteiger partial charge in [-0.1, -0.05) is 18.2 Å². The van der Waals surface area contributed by atoms with Crippen LogP contribution in [0.3, 0.4) is 0 Å². The number of aromatic amines is 1. The van der Waals surface area contributed by atoms with Crippen molar-refractivity contribution in [3.8, 4) is 0 Å². The minimum atomic E-state index is -0.151. The zero-order valence-electron chi connectivity index (χ0n) is 28.0. The van der Waals surface area contributed by atoms with Crippen LogP contribution < -0.4 is 16.2 Å². The number of amides is 2. The summed E-state index contributed by atoms with van der Waals surface area (Å²) >= 11 is 0. The van der Waals surface area contributed by atoms with Crippen molar-refractivity contribution in [2.75, 3.05) is 26.2 Å². The molecule has 1 aliphatic heterocycles. The highest BCUT2D eigenvalue weighted by Gasteiger charge is 2.53.